The Morgan fingerprint density at radius 1 is 0.494 bits per heavy atom. The first-order chi connectivity index (χ1) is 37.3. The van der Waals surface area contributed by atoms with E-state index in [-0.39, 0.29) is 42.5 Å². The molecule has 4 saturated carbocycles. The van der Waals surface area contributed by atoms with Gasteiger partial charge in [0.2, 0.25) is 0 Å². The van der Waals surface area contributed by atoms with Crippen LogP contribution in [0.15, 0.2) is 0 Å². The summed E-state index contributed by atoms with van der Waals surface area (Å²) < 4.78 is 27.4. The second kappa shape index (κ2) is 33.3. The number of carbonyl (C=O) groups is 5. The molecule has 10 nitrogen and oxygen atoms in total. The highest BCUT2D eigenvalue weighted by Gasteiger charge is 2.60. The van der Waals surface area contributed by atoms with E-state index in [1.165, 1.54) is 12.8 Å². The molecule has 0 radical (unpaired) electrons. The second-order valence-electron chi connectivity index (χ2n) is 18.7. The molecule has 0 bridgehead atoms. The van der Waals surface area contributed by atoms with Crippen molar-refractivity contribution >= 4 is 29.7 Å². The molecule has 77 heavy (non-hydrogen) atoms. The van der Waals surface area contributed by atoms with Gasteiger partial charge in [-0.05, 0) is 285 Å². The number of esters is 4. The van der Waals surface area contributed by atoms with Gasteiger partial charge in [-0.15, -0.1) is 0 Å². The third-order valence-electron chi connectivity index (χ3n) is 14.0. The van der Waals surface area contributed by atoms with Crippen molar-refractivity contribution in [2.24, 2.45) is 46.3 Å². The van der Waals surface area contributed by atoms with Gasteiger partial charge < -0.3 is 23.7 Å². The molecule has 0 aromatic carbocycles. The van der Waals surface area contributed by atoms with Crippen LogP contribution in [0.4, 0.5) is 0 Å². The van der Waals surface area contributed by atoms with Gasteiger partial charge in [-0.3, -0.25) is 14.4 Å². The van der Waals surface area contributed by atoms with Gasteiger partial charge in [-0.25, -0.2) is 9.59 Å². The fraction of sp³-hybridized carbons (Fsp3) is 0.448. The van der Waals surface area contributed by atoms with Crippen molar-refractivity contribution < 1.29 is 47.7 Å². The molecule has 0 heterocycles. The topological polar surface area (TPSA) is 132 Å². The van der Waals surface area contributed by atoms with Crippen molar-refractivity contribution in [3.05, 3.63) is 0 Å². The minimum Gasteiger partial charge on any atom is -0.455 e. The lowest BCUT2D eigenvalue weighted by Crippen LogP contribution is -2.54. The highest BCUT2D eigenvalue weighted by Crippen LogP contribution is 2.67. The summed E-state index contributed by atoms with van der Waals surface area (Å²) in [4.78, 5) is 63.3. The summed E-state index contributed by atoms with van der Waals surface area (Å²) in [5.41, 5.74) is 0.365. The number of carbonyl (C=O) groups excluding carboxylic acids is 5. The number of Topliss-reactive ketones (excluding diaryl/α,β-unsaturated/α-hetero) is 1. The maximum absolute atomic E-state index is 13.1. The Balaban J connectivity index is 1.26. The number of ketones is 1. The van der Waals surface area contributed by atoms with Crippen molar-refractivity contribution in [1.82, 2.24) is 0 Å². The van der Waals surface area contributed by atoms with Gasteiger partial charge in [0.15, 0.2) is 12.9 Å². The van der Waals surface area contributed by atoms with E-state index < -0.39 is 49.1 Å². The molecule has 9 atom stereocenters. The Kier molecular flexibility index (Phi) is 26.0. The molecule has 4 aliphatic rings. The lowest BCUT2D eigenvalue weighted by atomic mass is 9.44. The average Bonchev–Trinajstić information content (AvgIpc) is 3.77. The minimum atomic E-state index is -1.28. The number of hydrogen-bond donors (Lipinski definition) is 0. The van der Waals surface area contributed by atoms with Crippen molar-refractivity contribution in [2.75, 3.05) is 20.0 Å². The number of rotatable bonds is 13. The molecule has 0 aromatic rings. The quantitative estimate of drug-likeness (QED) is 0.0753. The molecule has 0 N–H and O–H groups in total. The standard InChI is InChI=1S/C67H54O10/c1-7-9-11-13-15-17-19-21-23-25-27-29-31-33-35-37-62(69)73-50-57(51-74-63(70)38-36-34-32-30-28-26-24-22-20-18-16-14-12-10-8-2)77-65(72)48-53(3)47-64(71)76-52-75-56-43-45-66(5)55(49-56)39-40-58-60-42-41-59(54(4)68)67(60,6)46-44-61(58)66/h53,55-61H,39-52H2,1-6H3/t53?,55-,56-,58-,59+,60-,61-,66-,67+/m0/s1. The van der Waals surface area contributed by atoms with Gasteiger partial charge in [-0.1, -0.05) is 32.6 Å². The van der Waals surface area contributed by atoms with E-state index >= 15 is 0 Å². The lowest BCUT2D eigenvalue weighted by molar-refractivity contribution is -0.175. The van der Waals surface area contributed by atoms with E-state index in [9.17, 15) is 24.0 Å². The van der Waals surface area contributed by atoms with Crippen LogP contribution in [0.3, 0.4) is 0 Å². The number of ether oxygens (including phenoxy) is 5. The summed E-state index contributed by atoms with van der Waals surface area (Å²) in [5, 5.41) is 0. The molecule has 0 spiro atoms. The van der Waals surface area contributed by atoms with Gasteiger partial charge in [0, 0.05) is 30.6 Å². The first kappa shape index (κ1) is 60.0. The molecular weight excluding hydrogens is 965 g/mol. The molecule has 0 aliphatic heterocycles. The Morgan fingerprint density at radius 2 is 0.922 bits per heavy atom. The Hall–Kier alpha value is -9.53. The van der Waals surface area contributed by atoms with Crippen LogP contribution in [0.25, 0.3) is 0 Å². The molecule has 0 saturated heterocycles. The van der Waals surface area contributed by atoms with Gasteiger partial charge in [-0.2, -0.15) is 0 Å². The Morgan fingerprint density at radius 3 is 1.39 bits per heavy atom. The fourth-order valence-corrected chi connectivity index (χ4v) is 10.7. The molecule has 382 valence electrons. The maximum Gasteiger partial charge on any atom is 0.385 e. The highest BCUT2D eigenvalue weighted by molar-refractivity contribution is 5.89. The van der Waals surface area contributed by atoms with E-state index in [1.54, 1.807) is 27.7 Å². The van der Waals surface area contributed by atoms with Crippen molar-refractivity contribution in [2.45, 2.75) is 124 Å². The normalized spacial score (nSPS) is 21.8. The smallest absolute Gasteiger partial charge is 0.385 e. The van der Waals surface area contributed by atoms with Crippen LogP contribution in [-0.2, 0) is 47.7 Å². The maximum atomic E-state index is 13.1. The Bertz CT molecular complexity index is 3220. The number of hydrogen-bond acceptors (Lipinski definition) is 10. The van der Waals surface area contributed by atoms with E-state index in [1.807, 2.05) is 0 Å². The summed E-state index contributed by atoms with van der Waals surface area (Å²) in [6.45, 7) is 10.3. The highest BCUT2D eigenvalue weighted by atomic mass is 16.7. The third kappa shape index (κ3) is 21.1. The molecule has 0 aromatic heterocycles. The van der Waals surface area contributed by atoms with Crippen molar-refractivity contribution in [3.63, 3.8) is 0 Å². The van der Waals surface area contributed by atoms with Crippen LogP contribution < -0.4 is 0 Å². The van der Waals surface area contributed by atoms with E-state index in [0.717, 1.165) is 44.9 Å². The molecule has 4 fully saturated rings. The zero-order chi connectivity index (χ0) is 55.6. The molecule has 1 unspecified atom stereocenters. The summed E-state index contributed by atoms with van der Waals surface area (Å²) in [7, 11) is 0. The van der Waals surface area contributed by atoms with Crippen LogP contribution in [-0.4, -0.2) is 61.9 Å². The summed E-state index contributed by atoms with van der Waals surface area (Å²) in [5.74, 6) is 77.5. The summed E-state index contributed by atoms with van der Waals surface area (Å²) in [6.07, 6.45) is 8.10. The predicted molar refractivity (Wildman–Crippen MR) is 288 cm³/mol. The van der Waals surface area contributed by atoms with Crippen LogP contribution in [0.1, 0.15) is 112 Å². The second-order valence-corrected chi connectivity index (χ2v) is 18.7. The summed E-state index contributed by atoms with van der Waals surface area (Å²) in [6, 6.07) is 0. The molecule has 4 rings (SSSR count). The van der Waals surface area contributed by atoms with E-state index in [4.69, 9.17) is 23.7 Å². The van der Waals surface area contributed by atoms with Gasteiger partial charge in [0.05, 0.1) is 6.10 Å². The Labute approximate surface area is 455 Å². The zero-order valence-corrected chi connectivity index (χ0v) is 44.1. The summed E-state index contributed by atoms with van der Waals surface area (Å²) >= 11 is 0. The minimum absolute atomic E-state index is 0.0163. The monoisotopic (exact) mass is 1020 g/mol. The average molecular weight is 1020 g/mol. The van der Waals surface area contributed by atoms with Crippen LogP contribution in [0.2, 0.25) is 0 Å². The SMILES string of the molecule is CC#CC#CC#CC#CC#CC#CC#CC#CC(=O)OCC(COC(=O)C#CC#CC#CC#CC#CC#CC#CC#CC)OC(=O)CC(C)CC(=O)OCO[C@H]1CC[C@@]2(C)[C@@H](CC[C@@H]3[C@@H]2CC[C@]2(C)[C@@H](C(C)=O)CC[C@@H]32)C1. The largest absolute Gasteiger partial charge is 0.455 e. The number of fused-ring (bicyclic) bond motifs is 5. The molecular formula is C67H54O10. The first-order valence-electron chi connectivity index (χ1n) is 25.0. The van der Waals surface area contributed by atoms with Gasteiger partial charge in [0.25, 0.3) is 0 Å². The molecule has 0 amide bonds. The molecule has 4 aliphatic carbocycles. The van der Waals surface area contributed by atoms with Crippen molar-refractivity contribution in [1.29, 1.82) is 0 Å². The third-order valence-corrected chi connectivity index (χ3v) is 14.0. The predicted octanol–water partition coefficient (Wildman–Crippen LogP) is 5.63. The van der Waals surface area contributed by atoms with Crippen LogP contribution in [0, 0.1) is 236 Å². The zero-order valence-electron chi connectivity index (χ0n) is 44.1. The van der Waals surface area contributed by atoms with Gasteiger partial charge in [0.1, 0.15) is 19.0 Å². The van der Waals surface area contributed by atoms with Gasteiger partial charge >= 0.3 is 23.9 Å². The molecule has 10 heteroatoms. The fourth-order valence-electron chi connectivity index (χ4n) is 10.7. The van der Waals surface area contributed by atoms with Crippen LogP contribution >= 0.6 is 0 Å². The van der Waals surface area contributed by atoms with E-state index in [2.05, 4.69) is 203 Å². The first-order valence-corrected chi connectivity index (χ1v) is 25.0. The lowest BCUT2D eigenvalue weighted by Gasteiger charge is -2.61. The van der Waals surface area contributed by atoms with Crippen LogP contribution in [0.5, 0.6) is 0 Å². The van der Waals surface area contributed by atoms with Crippen molar-refractivity contribution in [3.8, 4) is 189 Å². The van der Waals surface area contributed by atoms with E-state index in [0.29, 0.717) is 29.5 Å².